The van der Waals surface area contributed by atoms with Crippen molar-refractivity contribution in [2.45, 2.75) is 44.2 Å². The molecule has 1 aromatic heterocycles. The molecule has 0 atom stereocenters. The van der Waals surface area contributed by atoms with Crippen molar-refractivity contribution in [1.82, 2.24) is 4.98 Å². The highest BCUT2D eigenvalue weighted by Crippen LogP contribution is 2.35. The number of benzene rings is 2. The van der Waals surface area contributed by atoms with Gasteiger partial charge in [0.25, 0.3) is 0 Å². The van der Waals surface area contributed by atoms with Gasteiger partial charge in [-0.3, -0.25) is 0 Å². The number of nitrogens with zero attached hydrogens (tertiary/aromatic N) is 2. The lowest BCUT2D eigenvalue weighted by Gasteiger charge is -2.33. The topological polar surface area (TPSA) is 69.8 Å². The van der Waals surface area contributed by atoms with Crippen LogP contribution in [-0.4, -0.2) is 43.4 Å². The molecule has 0 radical (unpaired) electrons. The maximum atomic E-state index is 6.04. The van der Waals surface area contributed by atoms with E-state index in [1.165, 1.54) is 11.1 Å². The number of nitrogens with two attached hydrogens (primary N) is 1. The van der Waals surface area contributed by atoms with Crippen molar-refractivity contribution >= 4 is 5.82 Å². The minimum Gasteiger partial charge on any atom is -0.490 e. The third-order valence-corrected chi connectivity index (χ3v) is 6.88. The second-order valence-electron chi connectivity index (χ2n) is 9.70. The van der Waals surface area contributed by atoms with E-state index in [1.807, 2.05) is 24.3 Å². The van der Waals surface area contributed by atoms with Crippen LogP contribution in [0, 0.1) is 0 Å². The van der Waals surface area contributed by atoms with E-state index in [9.17, 15) is 0 Å². The molecule has 3 aromatic rings. The summed E-state index contributed by atoms with van der Waals surface area (Å²) < 4.78 is 17.4. The van der Waals surface area contributed by atoms with Gasteiger partial charge in [-0.25, -0.2) is 4.98 Å². The Hall–Kier alpha value is -3.09. The minimum absolute atomic E-state index is 0.142. The highest BCUT2D eigenvalue weighted by Gasteiger charge is 2.28. The van der Waals surface area contributed by atoms with Crippen molar-refractivity contribution in [2.24, 2.45) is 5.73 Å². The number of aromatic nitrogens is 1. The molecular formula is C28H33N3O3. The lowest BCUT2D eigenvalue weighted by Crippen LogP contribution is -2.43. The third kappa shape index (κ3) is 5.03. The monoisotopic (exact) mass is 459 g/mol. The zero-order valence-electron chi connectivity index (χ0n) is 19.9. The summed E-state index contributed by atoms with van der Waals surface area (Å²) in [6, 6.07) is 21.0. The van der Waals surface area contributed by atoms with Crippen LogP contribution in [0.4, 0.5) is 5.82 Å². The molecule has 0 bridgehead atoms. The lowest BCUT2D eigenvalue weighted by molar-refractivity contribution is 0.101. The van der Waals surface area contributed by atoms with E-state index >= 15 is 0 Å². The van der Waals surface area contributed by atoms with Gasteiger partial charge in [-0.15, -0.1) is 0 Å². The van der Waals surface area contributed by atoms with Crippen LogP contribution in [0.25, 0.3) is 0 Å². The number of hydrogen-bond acceptors (Lipinski definition) is 6. The summed E-state index contributed by atoms with van der Waals surface area (Å²) >= 11 is 0. The summed E-state index contributed by atoms with van der Waals surface area (Å²) in [6.45, 7) is 7.70. The van der Waals surface area contributed by atoms with E-state index in [2.05, 4.69) is 60.1 Å². The Labute approximate surface area is 201 Å². The Morgan fingerprint density at radius 3 is 2.00 bits per heavy atom. The van der Waals surface area contributed by atoms with Gasteiger partial charge >= 0.3 is 0 Å². The summed E-state index contributed by atoms with van der Waals surface area (Å²) in [6.07, 6.45) is 3.92. The molecule has 2 aromatic carbocycles. The van der Waals surface area contributed by atoms with Crippen LogP contribution in [0.1, 0.15) is 37.8 Å². The second-order valence-corrected chi connectivity index (χ2v) is 9.70. The Kier molecular flexibility index (Phi) is 6.44. The third-order valence-electron chi connectivity index (χ3n) is 6.88. The van der Waals surface area contributed by atoms with Crippen molar-refractivity contribution in [2.75, 3.05) is 31.2 Å². The average Bonchev–Trinajstić information content (AvgIpc) is 2.85. The summed E-state index contributed by atoms with van der Waals surface area (Å²) in [4.78, 5) is 6.79. The van der Waals surface area contributed by atoms with Crippen molar-refractivity contribution in [1.29, 1.82) is 0 Å². The van der Waals surface area contributed by atoms with Gasteiger partial charge in [0.1, 0.15) is 29.2 Å². The molecule has 1 saturated carbocycles. The van der Waals surface area contributed by atoms with E-state index in [0.717, 1.165) is 62.2 Å². The highest BCUT2D eigenvalue weighted by molar-refractivity contribution is 5.44. The smallest absolute Gasteiger partial charge is 0.145 e. The Morgan fingerprint density at radius 1 is 0.853 bits per heavy atom. The molecule has 0 spiro atoms. The van der Waals surface area contributed by atoms with Crippen LogP contribution < -0.4 is 20.1 Å². The van der Waals surface area contributed by atoms with Gasteiger partial charge in [-0.1, -0.05) is 38.1 Å². The molecule has 1 saturated heterocycles. The number of pyridine rings is 1. The fourth-order valence-corrected chi connectivity index (χ4v) is 4.50. The zero-order chi connectivity index (χ0) is 23.5. The van der Waals surface area contributed by atoms with Crippen molar-refractivity contribution in [3.05, 3.63) is 78.0 Å². The van der Waals surface area contributed by atoms with Gasteiger partial charge < -0.3 is 24.8 Å². The maximum absolute atomic E-state index is 6.04. The summed E-state index contributed by atoms with van der Waals surface area (Å²) in [5.74, 6) is 3.39. The quantitative estimate of drug-likeness (QED) is 0.542. The molecule has 1 aliphatic carbocycles. The Morgan fingerprint density at radius 2 is 1.44 bits per heavy atom. The molecule has 34 heavy (non-hydrogen) atoms. The van der Waals surface area contributed by atoms with Gasteiger partial charge in [-0.05, 0) is 60.4 Å². The summed E-state index contributed by atoms with van der Waals surface area (Å²) in [5.41, 5.74) is 8.18. The van der Waals surface area contributed by atoms with Crippen LogP contribution in [0.5, 0.6) is 17.2 Å². The van der Waals surface area contributed by atoms with Crippen LogP contribution in [0.3, 0.4) is 0 Å². The van der Waals surface area contributed by atoms with Gasteiger partial charge in [0.2, 0.25) is 0 Å². The molecule has 6 heteroatoms. The zero-order valence-corrected chi connectivity index (χ0v) is 19.9. The molecule has 2 heterocycles. The standard InChI is InChI=1S/C28H33N3O3/c1-28(2,21-5-9-24(10-6-21)34-26-17-22(29)18-26)20-3-7-23(8-4-20)33-25-11-12-27(30-19-25)31-13-15-32-16-14-31/h3-12,19,22,26H,13-18,29H2,1-2H3/t22-,26-. The predicted molar refractivity (Wildman–Crippen MR) is 134 cm³/mol. The first kappa shape index (κ1) is 22.7. The van der Waals surface area contributed by atoms with Crippen molar-refractivity contribution in [3.8, 4) is 17.2 Å². The van der Waals surface area contributed by atoms with E-state index in [1.54, 1.807) is 6.20 Å². The van der Waals surface area contributed by atoms with E-state index in [-0.39, 0.29) is 11.5 Å². The SMILES string of the molecule is CC(C)(c1ccc(Oc2ccc(N3CCOCC3)nc2)cc1)c1ccc(O[C@H]2C[C@H](N)C2)cc1. The first-order chi connectivity index (χ1) is 16.5. The molecule has 6 nitrogen and oxygen atoms in total. The minimum atomic E-state index is -0.142. The number of anilines is 1. The first-order valence-corrected chi connectivity index (χ1v) is 12.1. The van der Waals surface area contributed by atoms with E-state index < -0.39 is 0 Å². The number of morpholine rings is 1. The molecule has 2 fully saturated rings. The largest absolute Gasteiger partial charge is 0.490 e. The summed E-state index contributed by atoms with van der Waals surface area (Å²) in [5, 5.41) is 0. The molecule has 0 amide bonds. The van der Waals surface area contributed by atoms with Crippen LogP contribution >= 0.6 is 0 Å². The molecule has 178 valence electrons. The molecule has 2 aliphatic rings. The van der Waals surface area contributed by atoms with Crippen molar-refractivity contribution in [3.63, 3.8) is 0 Å². The van der Waals surface area contributed by atoms with E-state index in [0.29, 0.717) is 6.04 Å². The predicted octanol–water partition coefficient (Wildman–Crippen LogP) is 4.90. The van der Waals surface area contributed by atoms with Crippen LogP contribution in [-0.2, 0) is 10.2 Å². The Balaban J connectivity index is 1.21. The number of hydrogen-bond donors (Lipinski definition) is 1. The van der Waals surface area contributed by atoms with Crippen LogP contribution in [0.2, 0.25) is 0 Å². The number of rotatable bonds is 7. The van der Waals surface area contributed by atoms with Gasteiger partial charge in [0.05, 0.1) is 19.4 Å². The van der Waals surface area contributed by atoms with Crippen molar-refractivity contribution < 1.29 is 14.2 Å². The van der Waals surface area contributed by atoms with Gasteiger partial charge in [-0.2, -0.15) is 0 Å². The molecular weight excluding hydrogens is 426 g/mol. The molecule has 2 N–H and O–H groups in total. The maximum Gasteiger partial charge on any atom is 0.145 e. The normalized spacial score (nSPS) is 20.5. The first-order valence-electron chi connectivity index (χ1n) is 12.1. The average molecular weight is 460 g/mol. The summed E-state index contributed by atoms with van der Waals surface area (Å²) in [7, 11) is 0. The van der Waals surface area contributed by atoms with Crippen LogP contribution in [0.15, 0.2) is 66.9 Å². The molecule has 1 aliphatic heterocycles. The Bertz CT molecular complexity index is 1070. The lowest BCUT2D eigenvalue weighted by atomic mass is 9.78. The highest BCUT2D eigenvalue weighted by atomic mass is 16.5. The molecule has 0 unspecified atom stereocenters. The molecule has 5 rings (SSSR count). The second kappa shape index (κ2) is 9.65. The fourth-order valence-electron chi connectivity index (χ4n) is 4.50. The van der Waals surface area contributed by atoms with Gasteiger partial charge in [0, 0.05) is 24.5 Å². The number of ether oxygens (including phenoxy) is 3. The fraction of sp³-hybridized carbons (Fsp3) is 0.393. The van der Waals surface area contributed by atoms with E-state index in [4.69, 9.17) is 19.9 Å². The van der Waals surface area contributed by atoms with Gasteiger partial charge in [0.15, 0.2) is 0 Å².